The van der Waals surface area contributed by atoms with Gasteiger partial charge in [0.1, 0.15) is 11.6 Å². The van der Waals surface area contributed by atoms with Crippen LogP contribution in [0.2, 0.25) is 0 Å². The summed E-state index contributed by atoms with van der Waals surface area (Å²) in [6, 6.07) is 2.55. The average Bonchev–Trinajstić information content (AvgIpc) is 1.85. The summed E-state index contributed by atoms with van der Waals surface area (Å²) in [6.45, 7) is 0. The van der Waals surface area contributed by atoms with Crippen molar-refractivity contribution in [1.82, 2.24) is 0 Å². The molecule has 0 aliphatic heterocycles. The Kier molecular flexibility index (Phi) is 2.43. The minimum absolute atomic E-state index is 0.0532. The zero-order valence-corrected chi connectivity index (χ0v) is 6.20. The molecular formula is C6H5F2NOS. The van der Waals surface area contributed by atoms with E-state index in [1.807, 2.05) is 0 Å². The van der Waals surface area contributed by atoms with Crippen LogP contribution >= 0.6 is 0 Å². The fraction of sp³-hybridized carbons (Fsp3) is 0. The van der Waals surface area contributed by atoms with E-state index in [4.69, 9.17) is 5.14 Å². The summed E-state index contributed by atoms with van der Waals surface area (Å²) in [6.07, 6.45) is 0. The largest absolute Gasteiger partial charge is 0.593 e. The first-order valence-electron chi connectivity index (χ1n) is 2.72. The van der Waals surface area contributed by atoms with E-state index in [1.165, 1.54) is 0 Å². The summed E-state index contributed by atoms with van der Waals surface area (Å²) in [5.74, 6) is -1.56. The number of hydrogen-bond acceptors (Lipinski definition) is 2. The molecule has 11 heavy (non-hydrogen) atoms. The molecule has 1 atom stereocenters. The van der Waals surface area contributed by atoms with Crippen molar-refractivity contribution in [3.05, 3.63) is 29.8 Å². The van der Waals surface area contributed by atoms with Gasteiger partial charge >= 0.3 is 0 Å². The van der Waals surface area contributed by atoms with E-state index in [2.05, 4.69) is 0 Å². The second-order valence-electron chi connectivity index (χ2n) is 1.90. The van der Waals surface area contributed by atoms with E-state index in [1.54, 1.807) is 0 Å². The number of benzene rings is 1. The third-order valence-electron chi connectivity index (χ3n) is 1.07. The predicted molar refractivity (Wildman–Crippen MR) is 37.0 cm³/mol. The molecule has 1 unspecified atom stereocenters. The second-order valence-corrected chi connectivity index (χ2v) is 2.97. The van der Waals surface area contributed by atoms with Crippen LogP contribution in [0.25, 0.3) is 0 Å². The van der Waals surface area contributed by atoms with Gasteiger partial charge in [0.05, 0.1) is 11.4 Å². The molecule has 0 aliphatic carbocycles. The van der Waals surface area contributed by atoms with Crippen molar-refractivity contribution in [2.75, 3.05) is 0 Å². The Morgan fingerprint density at radius 1 is 1.18 bits per heavy atom. The van der Waals surface area contributed by atoms with Crippen LogP contribution in [0.15, 0.2) is 23.1 Å². The third-order valence-corrected chi connectivity index (χ3v) is 1.77. The van der Waals surface area contributed by atoms with Crippen LogP contribution < -0.4 is 5.14 Å². The van der Waals surface area contributed by atoms with Crippen molar-refractivity contribution in [1.29, 1.82) is 0 Å². The molecule has 2 N–H and O–H groups in total. The number of nitrogens with two attached hydrogens (primary N) is 1. The lowest BCUT2D eigenvalue weighted by molar-refractivity contribution is 0.567. The van der Waals surface area contributed by atoms with Gasteiger partial charge in [0.2, 0.25) is 0 Å². The second kappa shape index (κ2) is 3.17. The van der Waals surface area contributed by atoms with E-state index < -0.39 is 23.0 Å². The fourth-order valence-corrected chi connectivity index (χ4v) is 1.10. The first-order chi connectivity index (χ1) is 5.09. The Morgan fingerprint density at radius 2 is 1.64 bits per heavy atom. The van der Waals surface area contributed by atoms with Gasteiger partial charge < -0.3 is 4.55 Å². The summed E-state index contributed by atoms with van der Waals surface area (Å²) in [5, 5.41) is 4.89. The molecule has 2 nitrogen and oxygen atoms in total. The van der Waals surface area contributed by atoms with Crippen LogP contribution in [0, 0.1) is 11.6 Å². The van der Waals surface area contributed by atoms with Crippen LogP contribution in [-0.4, -0.2) is 4.55 Å². The maximum atomic E-state index is 12.4. The van der Waals surface area contributed by atoms with E-state index in [-0.39, 0.29) is 4.90 Å². The van der Waals surface area contributed by atoms with Crippen molar-refractivity contribution in [2.45, 2.75) is 4.90 Å². The molecule has 0 heterocycles. The number of rotatable bonds is 1. The molecule has 0 amide bonds. The minimum atomic E-state index is -1.83. The van der Waals surface area contributed by atoms with Gasteiger partial charge in [-0.05, 0) is 0 Å². The molecular weight excluding hydrogens is 172 g/mol. The SMILES string of the molecule is N[S+]([O-])c1cc(F)cc(F)c1. The highest BCUT2D eigenvalue weighted by Crippen LogP contribution is 2.11. The van der Waals surface area contributed by atoms with Crippen LogP contribution in [0.1, 0.15) is 0 Å². The van der Waals surface area contributed by atoms with Gasteiger partial charge in [-0.3, -0.25) is 0 Å². The van der Waals surface area contributed by atoms with E-state index in [9.17, 15) is 13.3 Å². The molecule has 5 heteroatoms. The molecule has 0 radical (unpaired) electrons. The lowest BCUT2D eigenvalue weighted by atomic mass is 10.3. The van der Waals surface area contributed by atoms with Crippen LogP contribution in [0.4, 0.5) is 8.78 Å². The molecule has 1 aromatic carbocycles. The van der Waals surface area contributed by atoms with Crippen LogP contribution in [0.3, 0.4) is 0 Å². The van der Waals surface area contributed by atoms with Gasteiger partial charge in [0, 0.05) is 18.2 Å². The van der Waals surface area contributed by atoms with E-state index in [0.29, 0.717) is 6.07 Å². The molecule has 1 aromatic rings. The van der Waals surface area contributed by atoms with E-state index in [0.717, 1.165) is 12.1 Å². The number of hydrogen-bond donors (Lipinski definition) is 1. The zero-order chi connectivity index (χ0) is 8.43. The smallest absolute Gasteiger partial charge is 0.179 e. The summed E-state index contributed by atoms with van der Waals surface area (Å²) in [7, 11) is 0. The topological polar surface area (TPSA) is 49.1 Å². The van der Waals surface area contributed by atoms with Crippen molar-refractivity contribution in [3.8, 4) is 0 Å². The van der Waals surface area contributed by atoms with Crippen molar-refractivity contribution < 1.29 is 13.3 Å². The molecule has 0 aromatic heterocycles. The molecule has 0 saturated heterocycles. The van der Waals surface area contributed by atoms with Gasteiger partial charge in [0.15, 0.2) is 4.90 Å². The summed E-state index contributed by atoms with van der Waals surface area (Å²) >= 11 is -1.83. The Labute approximate surface area is 65.3 Å². The maximum Gasteiger partial charge on any atom is 0.179 e. The van der Waals surface area contributed by atoms with Crippen LogP contribution in [-0.2, 0) is 11.4 Å². The molecule has 0 fully saturated rings. The Hall–Kier alpha value is -0.650. The van der Waals surface area contributed by atoms with Crippen LogP contribution in [0.5, 0.6) is 0 Å². The first-order valence-corrected chi connectivity index (χ1v) is 3.93. The minimum Gasteiger partial charge on any atom is -0.593 e. The first kappa shape index (κ1) is 8.45. The third kappa shape index (κ3) is 2.14. The quantitative estimate of drug-likeness (QED) is 0.649. The fourth-order valence-electron chi connectivity index (χ4n) is 0.645. The highest BCUT2D eigenvalue weighted by Gasteiger charge is 2.08. The molecule has 0 spiro atoms. The van der Waals surface area contributed by atoms with Gasteiger partial charge in [-0.15, -0.1) is 5.14 Å². The van der Waals surface area contributed by atoms with Crippen molar-refractivity contribution >= 4 is 11.4 Å². The van der Waals surface area contributed by atoms with E-state index >= 15 is 0 Å². The molecule has 0 bridgehead atoms. The van der Waals surface area contributed by atoms with Gasteiger partial charge in [-0.1, -0.05) is 0 Å². The maximum absolute atomic E-state index is 12.4. The predicted octanol–water partition coefficient (Wildman–Crippen LogP) is 0.946. The average molecular weight is 177 g/mol. The Morgan fingerprint density at radius 3 is 2.00 bits per heavy atom. The highest BCUT2D eigenvalue weighted by molar-refractivity contribution is 7.89. The van der Waals surface area contributed by atoms with Crippen molar-refractivity contribution in [3.63, 3.8) is 0 Å². The zero-order valence-electron chi connectivity index (χ0n) is 5.38. The van der Waals surface area contributed by atoms with Crippen molar-refractivity contribution in [2.24, 2.45) is 5.14 Å². The summed E-state index contributed by atoms with van der Waals surface area (Å²) in [4.78, 5) is -0.0532. The van der Waals surface area contributed by atoms with Gasteiger partial charge in [-0.2, -0.15) is 0 Å². The van der Waals surface area contributed by atoms with Gasteiger partial charge in [0.25, 0.3) is 0 Å². The summed E-state index contributed by atoms with van der Waals surface area (Å²) < 4.78 is 35.2. The lowest BCUT2D eigenvalue weighted by Crippen LogP contribution is -2.12. The molecule has 1 rings (SSSR count). The molecule has 0 aliphatic rings. The highest BCUT2D eigenvalue weighted by atomic mass is 32.2. The Bertz CT molecular complexity index is 247. The lowest BCUT2D eigenvalue weighted by Gasteiger charge is -2.01. The number of halogens is 2. The summed E-state index contributed by atoms with van der Waals surface area (Å²) in [5.41, 5.74) is 0. The van der Waals surface area contributed by atoms with Gasteiger partial charge in [-0.25, -0.2) is 8.78 Å². The molecule has 0 saturated carbocycles. The molecule has 60 valence electrons. The standard InChI is InChI=1S/C6H5F2NOS/c7-4-1-5(8)3-6(2-4)11(9)10/h1-3H,9H2. The normalized spacial score (nSPS) is 13.1. The Balaban J connectivity index is 3.08. The monoisotopic (exact) mass is 177 g/mol.